The Balaban J connectivity index is 2.11. The van der Waals surface area contributed by atoms with Gasteiger partial charge in [0.05, 0.1) is 0 Å². The van der Waals surface area contributed by atoms with Crippen LogP contribution in [0, 0.1) is 11.3 Å². The van der Waals surface area contributed by atoms with Crippen LogP contribution in [-0.2, 0) is 0 Å². The van der Waals surface area contributed by atoms with Crippen LogP contribution >= 0.6 is 0 Å². The monoisotopic (exact) mass is 167 g/mol. The predicted molar refractivity (Wildman–Crippen MR) is 52.2 cm³/mol. The summed E-state index contributed by atoms with van der Waals surface area (Å²) in [7, 11) is 0. The van der Waals surface area contributed by atoms with Gasteiger partial charge in [-0.3, -0.25) is 4.90 Å². The summed E-state index contributed by atoms with van der Waals surface area (Å²) in [4.78, 5) is 2.69. The standard InChI is InChI=1S/C11H21N/c1-4-12-8-7-11(5-6-11)10(12)9(2)3/h9-10H,4-8H2,1-3H3. The molecule has 0 radical (unpaired) electrons. The van der Waals surface area contributed by atoms with E-state index in [0.717, 1.165) is 17.4 Å². The van der Waals surface area contributed by atoms with Crippen molar-refractivity contribution < 1.29 is 0 Å². The molecule has 1 saturated heterocycles. The van der Waals surface area contributed by atoms with Crippen LogP contribution in [0.5, 0.6) is 0 Å². The first kappa shape index (κ1) is 8.55. The van der Waals surface area contributed by atoms with E-state index in [2.05, 4.69) is 25.7 Å². The molecule has 1 aliphatic carbocycles. The minimum Gasteiger partial charge on any atom is -0.300 e. The summed E-state index contributed by atoms with van der Waals surface area (Å²) >= 11 is 0. The van der Waals surface area contributed by atoms with Gasteiger partial charge in [-0.1, -0.05) is 20.8 Å². The second-order valence-corrected chi connectivity index (χ2v) is 4.93. The molecule has 0 amide bonds. The van der Waals surface area contributed by atoms with Gasteiger partial charge in [-0.15, -0.1) is 0 Å². The summed E-state index contributed by atoms with van der Waals surface area (Å²) in [5.74, 6) is 0.856. The summed E-state index contributed by atoms with van der Waals surface area (Å²) in [6, 6.07) is 0.905. The third-order valence-corrected chi connectivity index (χ3v) is 3.85. The fourth-order valence-corrected chi connectivity index (χ4v) is 3.23. The first-order valence-electron chi connectivity index (χ1n) is 5.44. The van der Waals surface area contributed by atoms with Crippen molar-refractivity contribution >= 4 is 0 Å². The Bertz CT molecular complexity index is 170. The van der Waals surface area contributed by atoms with Crippen molar-refractivity contribution in [3.8, 4) is 0 Å². The van der Waals surface area contributed by atoms with Gasteiger partial charge in [-0.2, -0.15) is 0 Å². The van der Waals surface area contributed by atoms with E-state index in [9.17, 15) is 0 Å². The average Bonchev–Trinajstić information content (AvgIpc) is 2.64. The van der Waals surface area contributed by atoms with Gasteiger partial charge >= 0.3 is 0 Å². The molecule has 1 nitrogen and oxygen atoms in total. The molecular weight excluding hydrogens is 146 g/mol. The quantitative estimate of drug-likeness (QED) is 0.611. The fraction of sp³-hybridized carbons (Fsp3) is 1.00. The minimum atomic E-state index is 0.782. The Hall–Kier alpha value is -0.0400. The molecule has 70 valence electrons. The van der Waals surface area contributed by atoms with Gasteiger partial charge in [0, 0.05) is 6.04 Å². The highest BCUT2D eigenvalue weighted by molar-refractivity contribution is 5.08. The zero-order valence-corrected chi connectivity index (χ0v) is 8.64. The third-order valence-electron chi connectivity index (χ3n) is 3.85. The maximum absolute atomic E-state index is 2.69. The summed E-state index contributed by atoms with van der Waals surface area (Å²) in [6.07, 6.45) is 4.49. The molecule has 0 aromatic carbocycles. The molecular formula is C11H21N. The molecule has 0 aromatic heterocycles. The van der Waals surface area contributed by atoms with Gasteiger partial charge < -0.3 is 0 Å². The molecule has 0 bridgehead atoms. The van der Waals surface area contributed by atoms with Gasteiger partial charge in [-0.25, -0.2) is 0 Å². The lowest BCUT2D eigenvalue weighted by atomic mass is 9.88. The normalized spacial score (nSPS) is 33.5. The summed E-state index contributed by atoms with van der Waals surface area (Å²) in [5.41, 5.74) is 0.782. The van der Waals surface area contributed by atoms with Gasteiger partial charge in [-0.05, 0) is 43.7 Å². The summed E-state index contributed by atoms with van der Waals surface area (Å²) < 4.78 is 0. The lowest BCUT2D eigenvalue weighted by molar-refractivity contribution is 0.174. The molecule has 2 fully saturated rings. The number of hydrogen-bond acceptors (Lipinski definition) is 1. The predicted octanol–water partition coefficient (Wildman–Crippen LogP) is 2.52. The van der Waals surface area contributed by atoms with Crippen LogP contribution in [0.3, 0.4) is 0 Å². The highest BCUT2D eigenvalue weighted by Gasteiger charge is 2.55. The van der Waals surface area contributed by atoms with Crippen LogP contribution in [0.4, 0.5) is 0 Å². The Kier molecular flexibility index (Phi) is 1.95. The highest BCUT2D eigenvalue weighted by Crippen LogP contribution is 2.58. The van der Waals surface area contributed by atoms with E-state index in [4.69, 9.17) is 0 Å². The van der Waals surface area contributed by atoms with E-state index >= 15 is 0 Å². The molecule has 1 saturated carbocycles. The lowest BCUT2D eigenvalue weighted by Crippen LogP contribution is -2.37. The van der Waals surface area contributed by atoms with Crippen molar-refractivity contribution in [1.29, 1.82) is 0 Å². The summed E-state index contributed by atoms with van der Waals surface area (Å²) in [5, 5.41) is 0. The van der Waals surface area contributed by atoms with Gasteiger partial charge in [0.2, 0.25) is 0 Å². The van der Waals surface area contributed by atoms with Crippen LogP contribution in [0.2, 0.25) is 0 Å². The third kappa shape index (κ3) is 1.10. The minimum absolute atomic E-state index is 0.782. The van der Waals surface area contributed by atoms with E-state index in [1.165, 1.54) is 32.4 Å². The first-order chi connectivity index (χ1) is 5.69. The second kappa shape index (κ2) is 2.73. The van der Waals surface area contributed by atoms with Crippen molar-refractivity contribution in [2.45, 2.75) is 46.1 Å². The Morgan fingerprint density at radius 3 is 2.42 bits per heavy atom. The van der Waals surface area contributed by atoms with E-state index in [1.807, 2.05) is 0 Å². The average molecular weight is 167 g/mol. The Morgan fingerprint density at radius 1 is 1.33 bits per heavy atom. The SMILES string of the molecule is CCN1CCC2(CC2)C1C(C)C. The maximum atomic E-state index is 2.69. The smallest absolute Gasteiger partial charge is 0.0175 e. The molecule has 0 N–H and O–H groups in total. The van der Waals surface area contributed by atoms with Crippen LogP contribution < -0.4 is 0 Å². The zero-order valence-electron chi connectivity index (χ0n) is 8.64. The molecule has 1 spiro atoms. The van der Waals surface area contributed by atoms with E-state index < -0.39 is 0 Å². The van der Waals surface area contributed by atoms with Crippen LogP contribution in [-0.4, -0.2) is 24.0 Å². The molecule has 0 aromatic rings. The van der Waals surface area contributed by atoms with Crippen molar-refractivity contribution in [2.24, 2.45) is 11.3 Å². The molecule has 1 aliphatic heterocycles. The number of hydrogen-bond donors (Lipinski definition) is 0. The first-order valence-corrected chi connectivity index (χ1v) is 5.44. The van der Waals surface area contributed by atoms with Crippen molar-refractivity contribution in [2.75, 3.05) is 13.1 Å². The molecule has 1 atom stereocenters. The zero-order chi connectivity index (χ0) is 8.77. The Labute approximate surface area is 76.1 Å². The lowest BCUT2D eigenvalue weighted by Gasteiger charge is -2.30. The maximum Gasteiger partial charge on any atom is 0.0175 e. The molecule has 1 heteroatoms. The van der Waals surface area contributed by atoms with Crippen molar-refractivity contribution in [3.63, 3.8) is 0 Å². The van der Waals surface area contributed by atoms with Crippen molar-refractivity contribution in [3.05, 3.63) is 0 Å². The number of rotatable bonds is 2. The molecule has 12 heavy (non-hydrogen) atoms. The fourth-order valence-electron chi connectivity index (χ4n) is 3.23. The second-order valence-electron chi connectivity index (χ2n) is 4.93. The van der Waals surface area contributed by atoms with Crippen LogP contribution in [0.1, 0.15) is 40.0 Å². The summed E-state index contributed by atoms with van der Waals surface area (Å²) in [6.45, 7) is 9.69. The van der Waals surface area contributed by atoms with E-state index in [1.54, 1.807) is 0 Å². The molecule has 2 rings (SSSR count). The van der Waals surface area contributed by atoms with Gasteiger partial charge in [0.15, 0.2) is 0 Å². The van der Waals surface area contributed by atoms with E-state index in [0.29, 0.717) is 0 Å². The van der Waals surface area contributed by atoms with Crippen molar-refractivity contribution in [1.82, 2.24) is 4.90 Å². The van der Waals surface area contributed by atoms with Gasteiger partial charge in [0.1, 0.15) is 0 Å². The Morgan fingerprint density at radius 2 is 2.00 bits per heavy atom. The molecule has 2 aliphatic rings. The number of likely N-dealkylation sites (tertiary alicyclic amines) is 1. The molecule has 1 heterocycles. The topological polar surface area (TPSA) is 3.24 Å². The van der Waals surface area contributed by atoms with E-state index in [-0.39, 0.29) is 0 Å². The van der Waals surface area contributed by atoms with Crippen LogP contribution in [0.15, 0.2) is 0 Å². The van der Waals surface area contributed by atoms with Gasteiger partial charge in [0.25, 0.3) is 0 Å². The highest BCUT2D eigenvalue weighted by atomic mass is 15.2. The number of nitrogens with zero attached hydrogens (tertiary/aromatic N) is 1. The van der Waals surface area contributed by atoms with Crippen LogP contribution in [0.25, 0.3) is 0 Å². The largest absolute Gasteiger partial charge is 0.300 e. The molecule has 1 unspecified atom stereocenters.